The standard InChI is InChI=1S/C84H161NO8/c1-6-8-10-12-14-16-18-20-22-24-26-28-30-32-34-36-37-38-39-40-41-42-43-44-45-47-48-50-52-54-56-58-60-62-64-66-68-70-72-74-81(86)91-78-80(79-92-84(83(88)89)90-77-76-85(3,4)5)93-82(87)75-73-71-69-67-65-63-61-59-57-55-53-51-49-46-35-33-31-29-27-25-23-21-19-17-15-13-11-9-7-2/h19,21,25,27,80,84H,6-18,20,22-24,26,28-79H2,1-5H3/b21-19-,27-25-. The quantitative estimate of drug-likeness (QED) is 0.0195. The molecule has 0 aliphatic rings. The summed E-state index contributed by atoms with van der Waals surface area (Å²) in [6.07, 6.45) is 93.3. The number of quaternary nitrogens is 1. The van der Waals surface area contributed by atoms with E-state index in [2.05, 4.69) is 38.2 Å². The first-order chi connectivity index (χ1) is 45.6. The molecule has 0 heterocycles. The van der Waals surface area contributed by atoms with Gasteiger partial charge in [-0.2, -0.15) is 0 Å². The van der Waals surface area contributed by atoms with Crippen LogP contribution in [-0.2, 0) is 33.3 Å². The van der Waals surface area contributed by atoms with Crippen LogP contribution in [-0.4, -0.2) is 82.3 Å². The zero-order valence-electron chi connectivity index (χ0n) is 63.2. The van der Waals surface area contributed by atoms with Crippen molar-refractivity contribution in [2.75, 3.05) is 47.5 Å². The van der Waals surface area contributed by atoms with Crippen molar-refractivity contribution < 1.29 is 42.9 Å². The van der Waals surface area contributed by atoms with Crippen LogP contribution in [0.3, 0.4) is 0 Å². The average Bonchev–Trinajstić information content (AvgIpc) is 3.74. The molecule has 0 saturated heterocycles. The number of hydrogen-bond acceptors (Lipinski definition) is 8. The van der Waals surface area contributed by atoms with E-state index in [1.54, 1.807) is 0 Å². The number of carboxylic acids is 1. The Morgan fingerprint density at radius 2 is 0.581 bits per heavy atom. The zero-order valence-corrected chi connectivity index (χ0v) is 63.2. The van der Waals surface area contributed by atoms with Gasteiger partial charge in [0.2, 0.25) is 0 Å². The van der Waals surface area contributed by atoms with E-state index < -0.39 is 24.3 Å². The second kappa shape index (κ2) is 75.5. The van der Waals surface area contributed by atoms with E-state index in [4.69, 9.17) is 18.9 Å². The van der Waals surface area contributed by atoms with Gasteiger partial charge in [-0.05, 0) is 44.9 Å². The predicted molar refractivity (Wildman–Crippen MR) is 399 cm³/mol. The van der Waals surface area contributed by atoms with Crippen molar-refractivity contribution in [3.8, 4) is 0 Å². The normalized spacial score (nSPS) is 12.7. The monoisotopic (exact) mass is 1310 g/mol. The third-order valence-corrected chi connectivity index (χ3v) is 19.2. The summed E-state index contributed by atoms with van der Waals surface area (Å²) in [5, 5.41) is 11.9. The third kappa shape index (κ3) is 77.0. The van der Waals surface area contributed by atoms with Gasteiger partial charge in [-0.15, -0.1) is 0 Å². The molecular formula is C84H161NO8. The van der Waals surface area contributed by atoms with Crippen molar-refractivity contribution in [1.82, 2.24) is 0 Å². The van der Waals surface area contributed by atoms with Crippen LogP contribution in [0.25, 0.3) is 0 Å². The highest BCUT2D eigenvalue weighted by Crippen LogP contribution is 2.21. The van der Waals surface area contributed by atoms with Crippen LogP contribution in [0.2, 0.25) is 0 Å². The molecule has 0 aromatic carbocycles. The molecule has 0 fully saturated rings. The highest BCUT2D eigenvalue weighted by molar-refractivity contribution is 5.70. The molecular weight excluding hydrogens is 1150 g/mol. The van der Waals surface area contributed by atoms with E-state index >= 15 is 0 Å². The number of unbranched alkanes of at least 4 members (excludes halogenated alkanes) is 60. The number of allylic oxidation sites excluding steroid dienone is 4. The molecule has 0 N–H and O–H groups in total. The molecule has 0 aliphatic heterocycles. The van der Waals surface area contributed by atoms with Gasteiger partial charge in [-0.1, -0.05) is 404 Å². The lowest BCUT2D eigenvalue weighted by atomic mass is 10.0. The van der Waals surface area contributed by atoms with Crippen molar-refractivity contribution in [2.24, 2.45) is 0 Å². The van der Waals surface area contributed by atoms with E-state index in [-0.39, 0.29) is 32.2 Å². The van der Waals surface area contributed by atoms with Crippen LogP contribution in [0.1, 0.15) is 438 Å². The third-order valence-electron chi connectivity index (χ3n) is 19.2. The Hall–Kier alpha value is -2.23. The Balaban J connectivity index is 3.92. The summed E-state index contributed by atoms with van der Waals surface area (Å²) >= 11 is 0. The van der Waals surface area contributed by atoms with Gasteiger partial charge in [0.15, 0.2) is 12.4 Å². The Morgan fingerprint density at radius 1 is 0.323 bits per heavy atom. The van der Waals surface area contributed by atoms with Crippen LogP contribution < -0.4 is 5.11 Å². The molecule has 0 bridgehead atoms. The lowest BCUT2D eigenvalue weighted by Gasteiger charge is -2.26. The Labute approximate surface area is 579 Å². The molecule has 0 spiro atoms. The number of carboxylic acid groups (broad SMARTS) is 1. The van der Waals surface area contributed by atoms with Crippen LogP contribution >= 0.6 is 0 Å². The molecule has 9 heteroatoms. The average molecular weight is 1310 g/mol. The smallest absolute Gasteiger partial charge is 0.306 e. The molecule has 2 unspecified atom stereocenters. The van der Waals surface area contributed by atoms with Gasteiger partial charge in [0.05, 0.1) is 40.3 Å². The van der Waals surface area contributed by atoms with Gasteiger partial charge in [0.1, 0.15) is 13.2 Å². The molecule has 0 saturated carbocycles. The molecule has 93 heavy (non-hydrogen) atoms. The number of esters is 2. The Morgan fingerprint density at radius 3 is 0.849 bits per heavy atom. The molecule has 0 rings (SSSR count). The van der Waals surface area contributed by atoms with Crippen molar-refractivity contribution >= 4 is 17.9 Å². The van der Waals surface area contributed by atoms with Crippen LogP contribution in [0.5, 0.6) is 0 Å². The Kier molecular flexibility index (Phi) is 73.7. The highest BCUT2D eigenvalue weighted by Gasteiger charge is 2.22. The van der Waals surface area contributed by atoms with Gasteiger partial charge < -0.3 is 33.3 Å². The van der Waals surface area contributed by atoms with E-state index in [0.717, 1.165) is 44.9 Å². The fourth-order valence-corrected chi connectivity index (χ4v) is 12.9. The zero-order chi connectivity index (χ0) is 67.5. The second-order valence-corrected chi connectivity index (χ2v) is 29.8. The lowest BCUT2D eigenvalue weighted by Crippen LogP contribution is -2.44. The maximum atomic E-state index is 13.0. The summed E-state index contributed by atoms with van der Waals surface area (Å²) in [6, 6.07) is 0. The van der Waals surface area contributed by atoms with Gasteiger partial charge >= 0.3 is 11.9 Å². The van der Waals surface area contributed by atoms with Crippen molar-refractivity contribution in [1.29, 1.82) is 0 Å². The van der Waals surface area contributed by atoms with E-state index in [1.165, 1.54) is 366 Å². The van der Waals surface area contributed by atoms with Gasteiger partial charge in [-0.3, -0.25) is 9.59 Å². The summed E-state index contributed by atoms with van der Waals surface area (Å²) < 4.78 is 22.9. The van der Waals surface area contributed by atoms with Crippen molar-refractivity contribution in [3.05, 3.63) is 24.3 Å². The molecule has 550 valence electrons. The number of carbonyl (C=O) groups is 3. The minimum Gasteiger partial charge on any atom is -0.545 e. The number of carbonyl (C=O) groups excluding carboxylic acids is 3. The molecule has 0 radical (unpaired) electrons. The molecule has 0 aromatic rings. The van der Waals surface area contributed by atoms with Crippen molar-refractivity contribution in [3.63, 3.8) is 0 Å². The SMILES string of the molecule is CCCCCCC/C=C\C/C=C\CCCCCCCCCCCCCCCCCCCC(=O)OC(COC(=O)CCCCCCCCCCCCCCCCCCCCCCCCCCCCCCCCCCCCCCCCC)COC(OCC[N+](C)(C)C)C(=O)[O-]. The minimum atomic E-state index is -1.62. The van der Waals surface area contributed by atoms with E-state index in [0.29, 0.717) is 17.4 Å². The fraction of sp³-hybridized carbons (Fsp3) is 0.917. The van der Waals surface area contributed by atoms with Crippen LogP contribution in [0, 0.1) is 0 Å². The predicted octanol–water partition coefficient (Wildman–Crippen LogP) is 25.2. The molecule has 9 nitrogen and oxygen atoms in total. The van der Waals surface area contributed by atoms with Crippen LogP contribution in [0.15, 0.2) is 24.3 Å². The first-order valence-corrected chi connectivity index (χ1v) is 41.5. The molecule has 2 atom stereocenters. The van der Waals surface area contributed by atoms with Gasteiger partial charge in [0, 0.05) is 12.8 Å². The molecule has 0 aliphatic carbocycles. The summed E-state index contributed by atoms with van der Waals surface area (Å²) in [5.41, 5.74) is 0. The number of aliphatic carboxylic acids is 1. The number of nitrogens with zero attached hydrogens (tertiary/aromatic N) is 1. The maximum absolute atomic E-state index is 13.0. The summed E-state index contributed by atoms with van der Waals surface area (Å²) in [6.45, 7) is 4.83. The largest absolute Gasteiger partial charge is 0.545 e. The van der Waals surface area contributed by atoms with Crippen molar-refractivity contribution in [2.45, 2.75) is 450 Å². The number of likely N-dealkylation sites (N-methyl/N-ethyl adjacent to an activating group) is 1. The number of hydrogen-bond donors (Lipinski definition) is 0. The van der Waals surface area contributed by atoms with Gasteiger partial charge in [-0.25, -0.2) is 0 Å². The fourth-order valence-electron chi connectivity index (χ4n) is 12.9. The lowest BCUT2D eigenvalue weighted by molar-refractivity contribution is -0.870. The molecule has 0 aromatic heterocycles. The Bertz CT molecular complexity index is 1580. The topological polar surface area (TPSA) is 111 Å². The number of ether oxygens (including phenoxy) is 4. The highest BCUT2D eigenvalue weighted by atomic mass is 16.7. The first kappa shape index (κ1) is 90.8. The van der Waals surface area contributed by atoms with E-state index in [9.17, 15) is 19.5 Å². The summed E-state index contributed by atoms with van der Waals surface area (Å²) in [5.74, 6) is -2.25. The minimum absolute atomic E-state index is 0.152. The maximum Gasteiger partial charge on any atom is 0.306 e. The van der Waals surface area contributed by atoms with Gasteiger partial charge in [0.25, 0.3) is 0 Å². The second-order valence-electron chi connectivity index (χ2n) is 29.8. The van der Waals surface area contributed by atoms with Crippen LogP contribution in [0.4, 0.5) is 0 Å². The van der Waals surface area contributed by atoms with E-state index in [1.807, 2.05) is 21.1 Å². The summed E-state index contributed by atoms with van der Waals surface area (Å²) in [7, 11) is 5.95. The summed E-state index contributed by atoms with van der Waals surface area (Å²) in [4.78, 5) is 37.6. The molecule has 0 amide bonds. The first-order valence-electron chi connectivity index (χ1n) is 41.5. The number of rotatable bonds is 79.